The highest BCUT2D eigenvalue weighted by atomic mass is 32.2. The van der Waals surface area contributed by atoms with E-state index in [1.165, 1.54) is 12.3 Å². The average Bonchev–Trinajstić information content (AvgIpc) is 2.86. The molecule has 0 amide bonds. The largest absolute Gasteiger partial charge is 0.329 e. The van der Waals surface area contributed by atoms with Gasteiger partial charge in [-0.3, -0.25) is 5.10 Å². The van der Waals surface area contributed by atoms with Crippen molar-refractivity contribution in [3.8, 4) is 0 Å². The van der Waals surface area contributed by atoms with Gasteiger partial charge in [-0.05, 0) is 32.0 Å². The standard InChI is InChI=1S/C10H19N5O2S/c11-4-8-15-6-2-9(3-7-15)14-18(16,17)10-1-5-12-13-10/h1,5,9,14H,2-4,6-8,11H2,(H,12,13). The van der Waals surface area contributed by atoms with Gasteiger partial charge < -0.3 is 10.6 Å². The number of H-pyrrole nitrogens is 1. The number of rotatable bonds is 5. The van der Waals surface area contributed by atoms with Crippen molar-refractivity contribution in [2.45, 2.75) is 23.9 Å². The highest BCUT2D eigenvalue weighted by molar-refractivity contribution is 7.89. The summed E-state index contributed by atoms with van der Waals surface area (Å²) < 4.78 is 26.6. The maximum atomic E-state index is 12.0. The zero-order valence-electron chi connectivity index (χ0n) is 10.2. The van der Waals surface area contributed by atoms with Crippen LogP contribution in [-0.4, -0.2) is 55.7 Å². The first-order valence-electron chi connectivity index (χ1n) is 6.06. The van der Waals surface area contributed by atoms with Crippen LogP contribution < -0.4 is 10.5 Å². The number of nitrogens with zero attached hydrogens (tertiary/aromatic N) is 2. The Balaban J connectivity index is 1.88. The number of likely N-dealkylation sites (tertiary alicyclic amines) is 1. The molecule has 8 heteroatoms. The average molecular weight is 273 g/mol. The normalized spacial score (nSPS) is 19.2. The van der Waals surface area contributed by atoms with Crippen LogP contribution in [-0.2, 0) is 10.0 Å². The predicted molar refractivity (Wildman–Crippen MR) is 67.4 cm³/mol. The van der Waals surface area contributed by atoms with Gasteiger partial charge in [0.2, 0.25) is 0 Å². The summed E-state index contributed by atoms with van der Waals surface area (Å²) in [6.07, 6.45) is 3.05. The summed E-state index contributed by atoms with van der Waals surface area (Å²) in [5.74, 6) is 0. The lowest BCUT2D eigenvalue weighted by atomic mass is 10.1. The van der Waals surface area contributed by atoms with E-state index in [0.717, 1.165) is 32.5 Å². The second kappa shape index (κ2) is 5.79. The van der Waals surface area contributed by atoms with E-state index in [0.29, 0.717) is 6.54 Å². The van der Waals surface area contributed by atoms with Crippen molar-refractivity contribution in [2.75, 3.05) is 26.2 Å². The minimum Gasteiger partial charge on any atom is -0.329 e. The molecule has 0 bridgehead atoms. The van der Waals surface area contributed by atoms with Gasteiger partial charge in [0, 0.05) is 19.1 Å². The summed E-state index contributed by atoms with van der Waals surface area (Å²) in [6, 6.07) is 1.44. The van der Waals surface area contributed by atoms with Gasteiger partial charge in [-0.2, -0.15) is 5.10 Å². The van der Waals surface area contributed by atoms with Crippen LogP contribution in [0.4, 0.5) is 0 Å². The van der Waals surface area contributed by atoms with E-state index in [1.807, 2.05) is 0 Å². The Morgan fingerprint density at radius 3 is 2.78 bits per heavy atom. The Labute approximate surface area is 107 Å². The van der Waals surface area contributed by atoms with Crippen LogP contribution >= 0.6 is 0 Å². The van der Waals surface area contributed by atoms with Gasteiger partial charge in [-0.15, -0.1) is 0 Å². The molecule has 0 saturated carbocycles. The summed E-state index contributed by atoms with van der Waals surface area (Å²) in [5.41, 5.74) is 5.50. The number of nitrogens with one attached hydrogen (secondary N) is 2. The van der Waals surface area contributed by atoms with Crippen molar-refractivity contribution >= 4 is 10.0 Å². The van der Waals surface area contributed by atoms with Gasteiger partial charge in [0.15, 0.2) is 5.03 Å². The molecule has 1 aliphatic heterocycles. The molecule has 1 aromatic rings. The van der Waals surface area contributed by atoms with Crippen LogP contribution in [0, 0.1) is 0 Å². The minimum atomic E-state index is -3.46. The third-order valence-electron chi connectivity index (χ3n) is 3.12. The Hall–Kier alpha value is -0.960. The van der Waals surface area contributed by atoms with Gasteiger partial charge >= 0.3 is 0 Å². The lowest BCUT2D eigenvalue weighted by molar-refractivity contribution is 0.212. The highest BCUT2D eigenvalue weighted by Gasteiger charge is 2.24. The van der Waals surface area contributed by atoms with Gasteiger partial charge in [0.05, 0.1) is 6.20 Å². The third kappa shape index (κ3) is 3.29. The zero-order chi connectivity index (χ0) is 13.0. The summed E-state index contributed by atoms with van der Waals surface area (Å²) >= 11 is 0. The quantitative estimate of drug-likeness (QED) is 0.645. The second-order valence-electron chi connectivity index (χ2n) is 4.45. The Morgan fingerprint density at radius 2 is 2.22 bits per heavy atom. The molecule has 7 nitrogen and oxygen atoms in total. The molecule has 102 valence electrons. The molecule has 1 aliphatic rings. The molecular weight excluding hydrogens is 254 g/mol. The van der Waals surface area contributed by atoms with Crippen LogP contribution in [0.3, 0.4) is 0 Å². The van der Waals surface area contributed by atoms with Crippen LogP contribution in [0.2, 0.25) is 0 Å². The van der Waals surface area contributed by atoms with Crippen molar-refractivity contribution in [1.82, 2.24) is 19.8 Å². The van der Waals surface area contributed by atoms with E-state index in [9.17, 15) is 8.42 Å². The molecule has 2 rings (SSSR count). The van der Waals surface area contributed by atoms with Crippen molar-refractivity contribution in [1.29, 1.82) is 0 Å². The monoisotopic (exact) mass is 273 g/mol. The second-order valence-corrected chi connectivity index (χ2v) is 6.13. The molecule has 0 atom stereocenters. The first-order valence-corrected chi connectivity index (χ1v) is 7.54. The lowest BCUT2D eigenvalue weighted by Crippen LogP contribution is -2.45. The van der Waals surface area contributed by atoms with Gasteiger partial charge in [0.25, 0.3) is 10.0 Å². The highest BCUT2D eigenvalue weighted by Crippen LogP contribution is 2.13. The predicted octanol–water partition coefficient (Wildman–Crippen LogP) is -0.889. The number of hydrogen-bond acceptors (Lipinski definition) is 5. The van der Waals surface area contributed by atoms with Crippen LogP contribution in [0.5, 0.6) is 0 Å². The van der Waals surface area contributed by atoms with Gasteiger partial charge in [0.1, 0.15) is 0 Å². The fourth-order valence-electron chi connectivity index (χ4n) is 2.13. The van der Waals surface area contributed by atoms with Crippen molar-refractivity contribution in [3.05, 3.63) is 12.3 Å². The maximum absolute atomic E-state index is 12.0. The van der Waals surface area contributed by atoms with E-state index in [2.05, 4.69) is 19.8 Å². The fourth-order valence-corrected chi connectivity index (χ4v) is 3.35. The molecule has 2 heterocycles. The number of aromatic amines is 1. The minimum absolute atomic E-state index is 0.00711. The van der Waals surface area contributed by atoms with Crippen molar-refractivity contribution in [3.63, 3.8) is 0 Å². The van der Waals surface area contributed by atoms with Crippen LogP contribution in [0.15, 0.2) is 17.3 Å². The molecular formula is C10H19N5O2S. The number of aromatic nitrogens is 2. The van der Waals surface area contributed by atoms with E-state index in [-0.39, 0.29) is 11.1 Å². The Kier molecular flexibility index (Phi) is 4.33. The van der Waals surface area contributed by atoms with E-state index >= 15 is 0 Å². The molecule has 0 aliphatic carbocycles. The summed E-state index contributed by atoms with van der Waals surface area (Å²) in [4.78, 5) is 2.25. The first-order chi connectivity index (χ1) is 8.62. The van der Waals surface area contributed by atoms with E-state index in [4.69, 9.17) is 5.73 Å². The zero-order valence-corrected chi connectivity index (χ0v) is 11.0. The SMILES string of the molecule is NCCN1CCC(NS(=O)(=O)c2ccn[nH]2)CC1. The van der Waals surface area contributed by atoms with Crippen LogP contribution in [0.1, 0.15) is 12.8 Å². The van der Waals surface area contributed by atoms with E-state index in [1.54, 1.807) is 0 Å². The third-order valence-corrected chi connectivity index (χ3v) is 4.57. The van der Waals surface area contributed by atoms with E-state index < -0.39 is 10.0 Å². The number of piperidine rings is 1. The summed E-state index contributed by atoms with van der Waals surface area (Å²) in [5, 5.41) is 6.24. The van der Waals surface area contributed by atoms with Gasteiger partial charge in [-0.1, -0.05) is 0 Å². The summed E-state index contributed by atoms with van der Waals surface area (Å²) in [7, 11) is -3.46. The number of hydrogen-bond donors (Lipinski definition) is 3. The topological polar surface area (TPSA) is 104 Å². The summed E-state index contributed by atoms with van der Waals surface area (Å²) in [6.45, 7) is 3.28. The number of nitrogens with two attached hydrogens (primary N) is 1. The molecule has 18 heavy (non-hydrogen) atoms. The fraction of sp³-hybridized carbons (Fsp3) is 0.700. The molecule has 0 spiro atoms. The van der Waals surface area contributed by atoms with Crippen molar-refractivity contribution < 1.29 is 8.42 Å². The molecule has 0 unspecified atom stereocenters. The van der Waals surface area contributed by atoms with Gasteiger partial charge in [-0.25, -0.2) is 13.1 Å². The molecule has 1 aromatic heterocycles. The maximum Gasteiger partial charge on any atom is 0.257 e. The molecule has 0 radical (unpaired) electrons. The van der Waals surface area contributed by atoms with Crippen molar-refractivity contribution in [2.24, 2.45) is 5.73 Å². The lowest BCUT2D eigenvalue weighted by Gasteiger charge is -2.31. The Bertz CT molecular complexity index is 451. The molecule has 1 fully saturated rings. The van der Waals surface area contributed by atoms with Crippen LogP contribution in [0.25, 0.3) is 0 Å². The molecule has 0 aromatic carbocycles. The number of sulfonamides is 1. The first kappa shape index (κ1) is 13.5. The smallest absolute Gasteiger partial charge is 0.257 e. The molecule has 4 N–H and O–H groups in total. The Morgan fingerprint density at radius 1 is 1.50 bits per heavy atom. The molecule has 1 saturated heterocycles.